The van der Waals surface area contributed by atoms with Gasteiger partial charge in [0.05, 0.1) is 6.04 Å². The minimum Gasteiger partial charge on any atom is -0.480 e. The van der Waals surface area contributed by atoms with E-state index < -0.39 is 35.9 Å². The number of ether oxygens (including phenoxy) is 1. The highest BCUT2D eigenvalue weighted by molar-refractivity contribution is 6.29. The Labute approximate surface area is 207 Å². The molecule has 0 amide bonds. The van der Waals surface area contributed by atoms with Gasteiger partial charge in [0.15, 0.2) is 17.8 Å². The Bertz CT molecular complexity index is 1180. The summed E-state index contributed by atoms with van der Waals surface area (Å²) >= 11 is 6.10. The number of hydrogen-bond donors (Lipinski definition) is 0. The Morgan fingerprint density at radius 2 is 1.75 bits per heavy atom. The summed E-state index contributed by atoms with van der Waals surface area (Å²) in [6.07, 6.45) is -7.88. The fourth-order valence-corrected chi connectivity index (χ4v) is 5.04. The lowest BCUT2D eigenvalue weighted by Gasteiger charge is -2.37. The summed E-state index contributed by atoms with van der Waals surface area (Å²) in [5.74, 6) is -0.424. The number of piperidine rings is 1. The maximum atomic E-state index is 13.7. The molecule has 36 heavy (non-hydrogen) atoms. The van der Waals surface area contributed by atoms with E-state index in [4.69, 9.17) is 16.3 Å². The Morgan fingerprint density at radius 3 is 2.31 bits per heavy atom. The average molecular weight is 537 g/mol. The maximum Gasteiger partial charge on any atom is 0.433 e. The minimum absolute atomic E-state index is 0.0290. The van der Waals surface area contributed by atoms with Gasteiger partial charge in [-0.1, -0.05) is 16.8 Å². The van der Waals surface area contributed by atoms with Gasteiger partial charge in [0.25, 0.3) is 0 Å². The van der Waals surface area contributed by atoms with Crippen LogP contribution in [0, 0.1) is 18.8 Å². The second-order valence-electron chi connectivity index (χ2n) is 8.83. The van der Waals surface area contributed by atoms with Gasteiger partial charge >= 0.3 is 12.4 Å². The van der Waals surface area contributed by atoms with Crippen molar-refractivity contribution in [2.75, 3.05) is 31.6 Å². The van der Waals surface area contributed by atoms with Crippen LogP contribution in [0.4, 0.5) is 32.0 Å². The van der Waals surface area contributed by atoms with Crippen molar-refractivity contribution in [2.45, 2.75) is 38.2 Å². The molecular weight excluding hydrogens is 514 g/mol. The summed E-state index contributed by atoms with van der Waals surface area (Å²) < 4.78 is 84.1. The Balaban J connectivity index is 1.63. The lowest BCUT2D eigenvalue weighted by Crippen LogP contribution is -2.44. The standard InChI is InChI=1S/C22H23ClF6N6O/c1-12-7-15(8-18(23)31-12)34-9-13-3-4-14(10-34)19(13)32-33-35-17(22(27,28)29)6-5-16(20(35)30-2)36-11-21(24,25)26/h5-8,13-14,19H,3-4,9-11H2,1-2H3/b30-20-,33-32+/t13-,14+,19-. The van der Waals surface area contributed by atoms with E-state index >= 15 is 0 Å². The van der Waals surface area contributed by atoms with Crippen LogP contribution in [0.2, 0.25) is 5.15 Å². The van der Waals surface area contributed by atoms with Crippen molar-refractivity contribution in [3.8, 4) is 5.75 Å². The van der Waals surface area contributed by atoms with Crippen LogP contribution in [0.3, 0.4) is 0 Å². The molecule has 1 aliphatic carbocycles. The predicted molar refractivity (Wildman–Crippen MR) is 119 cm³/mol. The van der Waals surface area contributed by atoms with Crippen LogP contribution < -0.4 is 15.1 Å². The number of nitrogens with zero attached hydrogens (tertiary/aromatic N) is 6. The first-order valence-corrected chi connectivity index (χ1v) is 11.5. The highest BCUT2D eigenvalue weighted by atomic mass is 35.5. The van der Waals surface area contributed by atoms with Crippen molar-refractivity contribution in [2.24, 2.45) is 27.2 Å². The summed E-state index contributed by atoms with van der Waals surface area (Å²) in [7, 11) is 1.14. The van der Waals surface area contributed by atoms with E-state index in [1.165, 1.54) is 0 Å². The molecule has 2 fully saturated rings. The van der Waals surface area contributed by atoms with E-state index in [1.807, 2.05) is 13.0 Å². The molecule has 1 aliphatic heterocycles. The van der Waals surface area contributed by atoms with E-state index in [-0.39, 0.29) is 17.9 Å². The van der Waals surface area contributed by atoms with Gasteiger partial charge in [0.1, 0.15) is 10.8 Å². The lowest BCUT2D eigenvalue weighted by molar-refractivity contribution is -0.154. The zero-order valence-corrected chi connectivity index (χ0v) is 20.1. The highest BCUT2D eigenvalue weighted by Gasteiger charge is 2.43. The van der Waals surface area contributed by atoms with Gasteiger partial charge in [-0.3, -0.25) is 4.99 Å². The van der Waals surface area contributed by atoms with Gasteiger partial charge in [0, 0.05) is 43.4 Å². The number of anilines is 1. The van der Waals surface area contributed by atoms with Crippen LogP contribution in [-0.2, 0) is 6.18 Å². The number of aromatic nitrogens is 2. The van der Waals surface area contributed by atoms with Crippen LogP contribution in [0.5, 0.6) is 5.75 Å². The second kappa shape index (κ2) is 9.91. The molecule has 2 aromatic rings. The fraction of sp³-hybridized carbons (Fsp3) is 0.545. The quantitative estimate of drug-likeness (QED) is 0.289. The molecule has 0 aromatic carbocycles. The molecule has 4 rings (SSSR count). The van der Waals surface area contributed by atoms with Crippen LogP contribution in [0.25, 0.3) is 0 Å². The zero-order chi connectivity index (χ0) is 26.3. The van der Waals surface area contributed by atoms with Crippen LogP contribution in [0.1, 0.15) is 24.2 Å². The van der Waals surface area contributed by atoms with E-state index in [9.17, 15) is 26.3 Å². The van der Waals surface area contributed by atoms with Gasteiger partial charge in [-0.2, -0.15) is 36.1 Å². The molecule has 1 saturated carbocycles. The minimum atomic E-state index is -4.85. The smallest absolute Gasteiger partial charge is 0.433 e. The largest absolute Gasteiger partial charge is 0.480 e. The van der Waals surface area contributed by atoms with Gasteiger partial charge in [-0.05, 0) is 44.0 Å². The fourth-order valence-electron chi connectivity index (χ4n) is 4.80. The van der Waals surface area contributed by atoms with Gasteiger partial charge < -0.3 is 9.64 Å². The Hall–Kier alpha value is -2.83. The first kappa shape index (κ1) is 26.2. The van der Waals surface area contributed by atoms with Gasteiger partial charge in [0.2, 0.25) is 0 Å². The van der Waals surface area contributed by atoms with Crippen molar-refractivity contribution < 1.29 is 31.1 Å². The summed E-state index contributed by atoms with van der Waals surface area (Å²) in [5.41, 5.74) is -0.0521. The summed E-state index contributed by atoms with van der Waals surface area (Å²) in [5, 5.41) is 8.49. The van der Waals surface area contributed by atoms with Gasteiger partial charge in [-0.15, -0.1) is 0 Å². The third-order valence-corrected chi connectivity index (χ3v) is 6.46. The van der Waals surface area contributed by atoms with Crippen molar-refractivity contribution >= 4 is 17.3 Å². The lowest BCUT2D eigenvalue weighted by atomic mass is 9.92. The molecule has 0 radical (unpaired) electrons. The molecule has 0 N–H and O–H groups in total. The maximum absolute atomic E-state index is 13.7. The number of halogens is 7. The van der Waals surface area contributed by atoms with Crippen molar-refractivity contribution in [3.05, 3.63) is 46.3 Å². The number of alkyl halides is 6. The molecule has 3 atom stereocenters. The van der Waals surface area contributed by atoms with E-state index in [2.05, 4.69) is 25.2 Å². The molecular formula is C22H23ClF6N6O. The molecule has 2 bridgehead atoms. The van der Waals surface area contributed by atoms with Gasteiger partial charge in [-0.25, -0.2) is 4.98 Å². The molecule has 2 aromatic heterocycles. The summed E-state index contributed by atoms with van der Waals surface area (Å²) in [6.45, 7) is 1.37. The molecule has 3 heterocycles. The van der Waals surface area contributed by atoms with Crippen molar-refractivity contribution in [1.82, 2.24) is 9.66 Å². The summed E-state index contributed by atoms with van der Waals surface area (Å²) in [4.78, 5) is 10.0. The molecule has 14 heteroatoms. The van der Waals surface area contributed by atoms with Crippen LogP contribution in [-0.4, -0.2) is 48.6 Å². The number of rotatable bonds is 5. The average Bonchev–Trinajstić information content (AvgIpc) is 3.00. The molecule has 196 valence electrons. The highest BCUT2D eigenvalue weighted by Crippen LogP contribution is 2.41. The number of hydrogen-bond acceptors (Lipinski definition) is 6. The normalized spacial score (nSPS) is 23.1. The van der Waals surface area contributed by atoms with E-state index in [1.54, 1.807) is 6.07 Å². The monoisotopic (exact) mass is 536 g/mol. The number of fused-ring (bicyclic) bond motifs is 2. The Morgan fingerprint density at radius 1 is 1.08 bits per heavy atom. The zero-order valence-electron chi connectivity index (χ0n) is 19.3. The third kappa shape index (κ3) is 5.76. The molecule has 2 aliphatic rings. The van der Waals surface area contributed by atoms with E-state index in [0.29, 0.717) is 29.0 Å². The summed E-state index contributed by atoms with van der Waals surface area (Å²) in [6, 6.07) is 4.74. The first-order valence-electron chi connectivity index (χ1n) is 11.1. The van der Waals surface area contributed by atoms with Crippen LogP contribution >= 0.6 is 11.6 Å². The molecule has 0 spiro atoms. The van der Waals surface area contributed by atoms with Crippen molar-refractivity contribution in [1.29, 1.82) is 0 Å². The number of aryl methyl sites for hydroxylation is 1. The SMILES string of the molecule is C/N=c1/c(OCC(F)(F)F)ccc(C(F)(F)F)n1/N=N/[C@@H]1[C@@H]2CC[C@H]1CN(c1cc(C)nc(Cl)c1)C2. The van der Waals surface area contributed by atoms with Crippen molar-refractivity contribution in [3.63, 3.8) is 0 Å². The van der Waals surface area contributed by atoms with Crippen LogP contribution in [0.15, 0.2) is 39.6 Å². The first-order chi connectivity index (χ1) is 16.9. The second-order valence-corrected chi connectivity index (χ2v) is 9.22. The van der Waals surface area contributed by atoms with E-state index in [0.717, 1.165) is 37.3 Å². The predicted octanol–water partition coefficient (Wildman–Crippen LogP) is 5.47. The third-order valence-electron chi connectivity index (χ3n) is 6.27. The topological polar surface area (TPSA) is 67.4 Å². The number of pyridine rings is 2. The molecule has 1 saturated heterocycles. The molecule has 7 nitrogen and oxygen atoms in total. The Kier molecular flexibility index (Phi) is 7.22. The molecule has 0 unspecified atom stereocenters.